The molecule has 5 heteroatoms. The Morgan fingerprint density at radius 3 is 1.56 bits per heavy atom. The molecule has 0 amide bonds. The highest BCUT2D eigenvalue weighted by atomic mass is 15.0. The Labute approximate surface area is 354 Å². The lowest BCUT2D eigenvalue weighted by Gasteiger charge is -2.15. The van der Waals surface area contributed by atoms with Crippen molar-refractivity contribution in [1.29, 1.82) is 0 Å². The second kappa shape index (κ2) is 16.2. The fourth-order valence-corrected chi connectivity index (χ4v) is 7.91. The largest absolute Gasteiger partial charge is 0.228 e. The number of benzene rings is 8. The zero-order chi connectivity index (χ0) is 41.1. The molecule has 0 saturated heterocycles. The first-order valence-electron chi connectivity index (χ1n) is 20.4. The maximum Gasteiger partial charge on any atom is 0.165 e. The molecule has 0 aliphatic rings. The van der Waals surface area contributed by atoms with Crippen molar-refractivity contribution < 1.29 is 0 Å². The van der Waals surface area contributed by atoms with E-state index in [-0.39, 0.29) is 0 Å². The standard InChI is InChI=1S/C56H39N5/c1-3-38(35-46-32-29-39-17-13-15-25-47(39)37(46)2)50-36-51(42-19-7-4-8-20-42)58-53(57-50)45-30-27-41(28-31-45)49-34-33-40-18-14-16-26-48(40)52(49)56-60-54(43-21-9-5-10-22-43)59-55(61-56)44-23-11-6-12-24-44/h3-36H,2H2,1H3/b38-3+,46-35-. The van der Waals surface area contributed by atoms with Crippen molar-refractivity contribution in [3.05, 3.63) is 216 Å². The summed E-state index contributed by atoms with van der Waals surface area (Å²) in [5, 5.41) is 6.51. The van der Waals surface area contributed by atoms with Crippen LogP contribution in [0.4, 0.5) is 0 Å². The summed E-state index contributed by atoms with van der Waals surface area (Å²) in [6.45, 7) is 6.52. The van der Waals surface area contributed by atoms with E-state index < -0.39 is 0 Å². The molecule has 0 fully saturated rings. The Hall–Kier alpha value is -8.15. The molecule has 2 aromatic heterocycles. The Bertz CT molecular complexity index is 3310. The van der Waals surface area contributed by atoms with Crippen molar-refractivity contribution in [2.24, 2.45) is 0 Å². The van der Waals surface area contributed by atoms with Crippen LogP contribution in [-0.4, -0.2) is 24.9 Å². The van der Waals surface area contributed by atoms with Crippen molar-refractivity contribution in [2.45, 2.75) is 6.92 Å². The topological polar surface area (TPSA) is 64.5 Å². The summed E-state index contributed by atoms with van der Waals surface area (Å²) in [7, 11) is 0. The van der Waals surface area contributed by atoms with E-state index in [1.807, 2.05) is 85.8 Å². The van der Waals surface area contributed by atoms with Crippen LogP contribution in [0.3, 0.4) is 0 Å². The van der Waals surface area contributed by atoms with Crippen LogP contribution in [0.15, 0.2) is 200 Å². The molecule has 0 unspecified atom stereocenters. The van der Waals surface area contributed by atoms with Gasteiger partial charge < -0.3 is 0 Å². The molecular formula is C56H39N5. The number of fused-ring (bicyclic) bond motifs is 2. The molecule has 0 aliphatic carbocycles. The lowest BCUT2D eigenvalue weighted by Crippen LogP contribution is -2.23. The minimum atomic E-state index is 0.610. The first kappa shape index (κ1) is 37.1. The zero-order valence-corrected chi connectivity index (χ0v) is 33.6. The second-order valence-electron chi connectivity index (χ2n) is 14.9. The van der Waals surface area contributed by atoms with Crippen molar-refractivity contribution in [3.63, 3.8) is 0 Å². The molecule has 8 aromatic carbocycles. The van der Waals surface area contributed by atoms with Gasteiger partial charge in [-0.3, -0.25) is 0 Å². The van der Waals surface area contributed by atoms with Gasteiger partial charge in [0, 0.05) is 27.8 Å². The van der Waals surface area contributed by atoms with Gasteiger partial charge in [-0.1, -0.05) is 201 Å². The van der Waals surface area contributed by atoms with Gasteiger partial charge in [-0.05, 0) is 67.7 Å². The van der Waals surface area contributed by atoms with E-state index in [1.165, 1.54) is 5.39 Å². The summed E-state index contributed by atoms with van der Waals surface area (Å²) in [5.41, 5.74) is 9.42. The molecule has 0 aliphatic heterocycles. The van der Waals surface area contributed by atoms with E-state index in [2.05, 4.69) is 134 Å². The summed E-state index contributed by atoms with van der Waals surface area (Å²) < 4.78 is 0. The van der Waals surface area contributed by atoms with E-state index in [0.717, 1.165) is 82.5 Å². The van der Waals surface area contributed by atoms with Crippen LogP contribution in [0.1, 0.15) is 12.6 Å². The molecule has 0 bridgehead atoms. The average molecular weight is 782 g/mol. The average Bonchev–Trinajstić information content (AvgIpc) is 3.34. The summed E-state index contributed by atoms with van der Waals surface area (Å²) in [4.78, 5) is 25.7. The molecule has 0 atom stereocenters. The monoisotopic (exact) mass is 781 g/mol. The molecule has 288 valence electrons. The summed E-state index contributed by atoms with van der Waals surface area (Å²) in [6, 6.07) is 66.4. The highest BCUT2D eigenvalue weighted by molar-refractivity contribution is 6.03. The molecular weight excluding hydrogens is 743 g/mol. The van der Waals surface area contributed by atoms with E-state index >= 15 is 0 Å². The first-order chi connectivity index (χ1) is 30.1. The van der Waals surface area contributed by atoms with E-state index in [1.54, 1.807) is 0 Å². The van der Waals surface area contributed by atoms with E-state index in [9.17, 15) is 0 Å². The van der Waals surface area contributed by atoms with Crippen molar-refractivity contribution in [1.82, 2.24) is 24.9 Å². The van der Waals surface area contributed by atoms with Gasteiger partial charge >= 0.3 is 0 Å². The minimum absolute atomic E-state index is 0.610. The number of hydrogen-bond acceptors (Lipinski definition) is 5. The number of rotatable bonds is 8. The minimum Gasteiger partial charge on any atom is -0.228 e. The van der Waals surface area contributed by atoms with Crippen LogP contribution < -0.4 is 10.4 Å². The van der Waals surface area contributed by atoms with Gasteiger partial charge in [0.1, 0.15) is 0 Å². The van der Waals surface area contributed by atoms with Crippen molar-refractivity contribution in [2.75, 3.05) is 0 Å². The highest BCUT2D eigenvalue weighted by Crippen LogP contribution is 2.39. The number of hydrogen-bond donors (Lipinski definition) is 0. The fourth-order valence-electron chi connectivity index (χ4n) is 7.91. The Morgan fingerprint density at radius 2 is 0.918 bits per heavy atom. The van der Waals surface area contributed by atoms with Crippen molar-refractivity contribution in [3.8, 4) is 67.9 Å². The van der Waals surface area contributed by atoms with Crippen LogP contribution in [-0.2, 0) is 0 Å². The van der Waals surface area contributed by atoms with Crippen LogP contribution in [0.5, 0.6) is 0 Å². The smallest absolute Gasteiger partial charge is 0.165 e. The molecule has 0 radical (unpaired) electrons. The number of aromatic nitrogens is 5. The molecule has 5 nitrogen and oxygen atoms in total. The van der Waals surface area contributed by atoms with Crippen LogP contribution in [0.25, 0.3) is 108 Å². The molecule has 0 N–H and O–H groups in total. The zero-order valence-electron chi connectivity index (χ0n) is 33.6. The van der Waals surface area contributed by atoms with Gasteiger partial charge in [0.15, 0.2) is 23.3 Å². The lowest BCUT2D eigenvalue weighted by molar-refractivity contribution is 1.08. The quantitative estimate of drug-likeness (QED) is 0.154. The Kier molecular flexibility index (Phi) is 9.89. The Morgan fingerprint density at radius 1 is 0.426 bits per heavy atom. The predicted octanol–water partition coefficient (Wildman–Crippen LogP) is 12.3. The van der Waals surface area contributed by atoms with E-state index in [0.29, 0.717) is 23.3 Å². The van der Waals surface area contributed by atoms with Gasteiger partial charge in [0.25, 0.3) is 0 Å². The summed E-state index contributed by atoms with van der Waals surface area (Å²) >= 11 is 0. The number of allylic oxidation sites excluding steroid dienone is 2. The molecule has 10 rings (SSSR count). The number of nitrogens with zero attached hydrogens (tertiary/aromatic N) is 5. The lowest BCUT2D eigenvalue weighted by atomic mass is 9.93. The second-order valence-corrected chi connectivity index (χ2v) is 14.9. The van der Waals surface area contributed by atoms with Crippen molar-refractivity contribution >= 4 is 39.8 Å². The molecule has 0 spiro atoms. The van der Waals surface area contributed by atoms with Gasteiger partial charge in [0.05, 0.1) is 11.4 Å². The first-order valence-corrected chi connectivity index (χ1v) is 20.4. The van der Waals surface area contributed by atoms with Gasteiger partial charge in [0.2, 0.25) is 0 Å². The normalized spacial score (nSPS) is 12.0. The van der Waals surface area contributed by atoms with Crippen LogP contribution >= 0.6 is 0 Å². The van der Waals surface area contributed by atoms with Gasteiger partial charge in [-0.2, -0.15) is 0 Å². The molecule has 2 heterocycles. The highest BCUT2D eigenvalue weighted by Gasteiger charge is 2.19. The van der Waals surface area contributed by atoms with Gasteiger partial charge in [-0.15, -0.1) is 0 Å². The SMILES string of the molecule is C=c1/c(=C\C(=C/C)c2cc(-c3ccccc3)nc(-c3ccc(-c4ccc5ccccc5c4-c4nc(-c5ccccc5)nc(-c5ccccc5)n4)cc3)n2)ccc2ccccc12. The predicted molar refractivity (Wildman–Crippen MR) is 252 cm³/mol. The molecule has 61 heavy (non-hydrogen) atoms. The molecule has 0 saturated carbocycles. The summed E-state index contributed by atoms with van der Waals surface area (Å²) in [5.74, 6) is 2.49. The molecule has 10 aromatic rings. The van der Waals surface area contributed by atoms with E-state index in [4.69, 9.17) is 24.9 Å². The summed E-state index contributed by atoms with van der Waals surface area (Å²) in [6.07, 6.45) is 4.28. The third-order valence-electron chi connectivity index (χ3n) is 11.1. The third kappa shape index (κ3) is 7.41. The fraction of sp³-hybridized carbons (Fsp3) is 0.0179. The van der Waals surface area contributed by atoms with Crippen LogP contribution in [0, 0.1) is 0 Å². The van der Waals surface area contributed by atoms with Gasteiger partial charge in [-0.25, -0.2) is 24.9 Å². The van der Waals surface area contributed by atoms with Crippen LogP contribution in [0.2, 0.25) is 0 Å². The maximum atomic E-state index is 5.22. The maximum absolute atomic E-state index is 5.22. The Balaban J connectivity index is 1.10. The third-order valence-corrected chi connectivity index (χ3v) is 11.1.